The summed E-state index contributed by atoms with van der Waals surface area (Å²) >= 11 is 3.05. The van der Waals surface area contributed by atoms with Crippen LogP contribution in [0.25, 0.3) is 11.4 Å². The van der Waals surface area contributed by atoms with Crippen LogP contribution in [0.1, 0.15) is 18.7 Å². The van der Waals surface area contributed by atoms with Gasteiger partial charge in [-0.1, -0.05) is 18.7 Å². The number of amides is 1. The highest BCUT2D eigenvalue weighted by atomic mass is 32.2. The lowest BCUT2D eigenvalue weighted by Gasteiger charge is -2.07. The second-order valence-electron chi connectivity index (χ2n) is 5.55. The van der Waals surface area contributed by atoms with E-state index in [1.165, 1.54) is 40.9 Å². The maximum atomic E-state index is 12.9. The number of nitrogens with zero attached hydrogens (tertiary/aromatic N) is 3. The predicted octanol–water partition coefficient (Wildman–Crippen LogP) is 4.46. The number of hydrogen-bond donors (Lipinski definition) is 1. The van der Waals surface area contributed by atoms with Crippen LogP contribution in [0.15, 0.2) is 40.9 Å². The van der Waals surface area contributed by atoms with Crippen LogP contribution in [-0.2, 0) is 17.8 Å². The molecule has 26 heavy (non-hydrogen) atoms. The van der Waals surface area contributed by atoms with Crippen LogP contribution >= 0.6 is 23.1 Å². The average Bonchev–Trinajstić information content (AvgIpc) is 3.27. The summed E-state index contributed by atoms with van der Waals surface area (Å²) in [5.74, 6) is 0.530. The molecule has 0 saturated carbocycles. The van der Waals surface area contributed by atoms with Gasteiger partial charge in [0.1, 0.15) is 5.82 Å². The lowest BCUT2D eigenvalue weighted by molar-refractivity contribution is -0.113. The molecule has 0 fully saturated rings. The van der Waals surface area contributed by atoms with Gasteiger partial charge in [0.25, 0.3) is 0 Å². The van der Waals surface area contributed by atoms with Crippen molar-refractivity contribution in [3.05, 3.63) is 46.4 Å². The zero-order chi connectivity index (χ0) is 18.5. The van der Waals surface area contributed by atoms with Crippen molar-refractivity contribution >= 4 is 34.7 Å². The van der Waals surface area contributed by atoms with Crippen molar-refractivity contribution in [2.45, 2.75) is 32.0 Å². The molecule has 1 N–H and O–H groups in total. The number of aromatic nitrogens is 3. The van der Waals surface area contributed by atoms with E-state index in [0.717, 1.165) is 24.4 Å². The summed E-state index contributed by atoms with van der Waals surface area (Å²) in [6, 6.07) is 7.83. The molecule has 5 nitrogen and oxygen atoms in total. The number of benzene rings is 1. The van der Waals surface area contributed by atoms with Gasteiger partial charge in [0.15, 0.2) is 11.0 Å². The Bertz CT molecular complexity index is 889. The first-order valence-corrected chi connectivity index (χ1v) is 10.2. The van der Waals surface area contributed by atoms with Crippen molar-refractivity contribution in [3.8, 4) is 11.4 Å². The fraction of sp³-hybridized carbons (Fsp3) is 0.278. The molecular weight excluding hydrogens is 371 g/mol. The second kappa shape index (κ2) is 8.46. The Morgan fingerprint density at radius 1 is 1.27 bits per heavy atom. The monoisotopic (exact) mass is 390 g/mol. The summed E-state index contributed by atoms with van der Waals surface area (Å²) in [5.41, 5.74) is 1.63. The van der Waals surface area contributed by atoms with E-state index in [0.29, 0.717) is 10.8 Å². The zero-order valence-electron chi connectivity index (χ0n) is 14.5. The van der Waals surface area contributed by atoms with Crippen LogP contribution in [0.4, 0.5) is 10.1 Å². The van der Waals surface area contributed by atoms with Crippen molar-refractivity contribution in [2.75, 3.05) is 11.1 Å². The number of aryl methyl sites for hydroxylation is 1. The first kappa shape index (κ1) is 18.6. The highest BCUT2D eigenvalue weighted by Gasteiger charge is 2.15. The smallest absolute Gasteiger partial charge is 0.234 e. The number of carbonyl (C=O) groups excluding carboxylic acids is 1. The lowest BCUT2D eigenvalue weighted by atomic mass is 10.2. The molecule has 136 valence electrons. The third kappa shape index (κ3) is 4.31. The van der Waals surface area contributed by atoms with E-state index in [1.54, 1.807) is 11.3 Å². The van der Waals surface area contributed by atoms with Gasteiger partial charge in [0.05, 0.1) is 5.75 Å². The van der Waals surface area contributed by atoms with Gasteiger partial charge < -0.3 is 9.88 Å². The van der Waals surface area contributed by atoms with E-state index < -0.39 is 0 Å². The third-order valence-electron chi connectivity index (χ3n) is 3.75. The fourth-order valence-electron chi connectivity index (χ4n) is 2.44. The summed E-state index contributed by atoms with van der Waals surface area (Å²) in [7, 11) is 0. The molecule has 1 amide bonds. The van der Waals surface area contributed by atoms with Gasteiger partial charge in [-0.15, -0.1) is 21.5 Å². The van der Waals surface area contributed by atoms with Gasteiger partial charge in [-0.25, -0.2) is 4.39 Å². The molecule has 0 radical (unpaired) electrons. The van der Waals surface area contributed by atoms with E-state index in [4.69, 9.17) is 0 Å². The van der Waals surface area contributed by atoms with E-state index in [-0.39, 0.29) is 17.5 Å². The number of thiophene rings is 1. The Morgan fingerprint density at radius 2 is 2.04 bits per heavy atom. The Labute approximate surface area is 159 Å². The van der Waals surface area contributed by atoms with Gasteiger partial charge in [-0.2, -0.15) is 0 Å². The number of thioether (sulfide) groups is 1. The first-order valence-electron chi connectivity index (χ1n) is 8.30. The van der Waals surface area contributed by atoms with E-state index in [2.05, 4.69) is 33.9 Å². The van der Waals surface area contributed by atoms with Crippen LogP contribution in [0, 0.1) is 5.82 Å². The molecule has 0 atom stereocenters. The van der Waals surface area contributed by atoms with Gasteiger partial charge in [-0.3, -0.25) is 4.79 Å². The first-order chi connectivity index (χ1) is 12.6. The average molecular weight is 391 g/mol. The van der Waals surface area contributed by atoms with E-state index in [1.807, 2.05) is 11.5 Å². The third-order valence-corrected chi connectivity index (χ3v) is 5.80. The molecule has 0 unspecified atom stereocenters. The maximum Gasteiger partial charge on any atom is 0.234 e. The summed E-state index contributed by atoms with van der Waals surface area (Å²) in [5, 5.41) is 14.1. The fourth-order valence-corrected chi connectivity index (χ4v) is 4.05. The SMILES string of the molecule is CCc1cc(-c2nnc(SCC(=O)Nc3ccc(F)cc3)n2CC)cs1. The van der Waals surface area contributed by atoms with Crippen LogP contribution in [-0.4, -0.2) is 26.4 Å². The van der Waals surface area contributed by atoms with E-state index >= 15 is 0 Å². The van der Waals surface area contributed by atoms with Crippen molar-refractivity contribution in [3.63, 3.8) is 0 Å². The highest BCUT2D eigenvalue weighted by molar-refractivity contribution is 7.99. The van der Waals surface area contributed by atoms with E-state index in [9.17, 15) is 9.18 Å². The number of hydrogen-bond acceptors (Lipinski definition) is 5. The van der Waals surface area contributed by atoms with Gasteiger partial charge in [-0.05, 0) is 43.7 Å². The van der Waals surface area contributed by atoms with Gasteiger partial charge in [0.2, 0.25) is 5.91 Å². The minimum absolute atomic E-state index is 0.169. The summed E-state index contributed by atoms with van der Waals surface area (Å²) in [6.45, 7) is 4.88. The number of anilines is 1. The van der Waals surface area contributed by atoms with Gasteiger partial charge in [0, 0.05) is 28.1 Å². The Balaban J connectivity index is 1.66. The van der Waals surface area contributed by atoms with Crippen LogP contribution in [0.2, 0.25) is 0 Å². The standard InChI is InChI=1S/C18H19FN4OS2/c1-3-15-9-12(10-25-15)17-21-22-18(23(17)4-2)26-11-16(24)20-14-7-5-13(19)6-8-14/h5-10H,3-4,11H2,1-2H3,(H,20,24). The van der Waals surface area contributed by atoms with Gasteiger partial charge >= 0.3 is 0 Å². The van der Waals surface area contributed by atoms with Crippen molar-refractivity contribution in [2.24, 2.45) is 0 Å². The Morgan fingerprint density at radius 3 is 2.69 bits per heavy atom. The topological polar surface area (TPSA) is 59.8 Å². The quantitative estimate of drug-likeness (QED) is 0.605. The summed E-state index contributed by atoms with van der Waals surface area (Å²) in [6.07, 6.45) is 0.996. The molecule has 2 aromatic heterocycles. The molecule has 8 heteroatoms. The largest absolute Gasteiger partial charge is 0.325 e. The molecule has 2 heterocycles. The molecule has 0 saturated heterocycles. The minimum atomic E-state index is -0.333. The summed E-state index contributed by atoms with van der Waals surface area (Å²) in [4.78, 5) is 13.4. The Hall–Kier alpha value is -2.19. The van der Waals surface area contributed by atoms with Crippen LogP contribution in [0.5, 0.6) is 0 Å². The minimum Gasteiger partial charge on any atom is -0.325 e. The summed E-state index contributed by atoms with van der Waals surface area (Å²) < 4.78 is 14.9. The molecule has 0 bridgehead atoms. The zero-order valence-corrected chi connectivity index (χ0v) is 16.2. The molecule has 3 rings (SSSR count). The number of halogens is 1. The molecule has 1 aromatic carbocycles. The van der Waals surface area contributed by atoms with Crippen molar-refractivity contribution < 1.29 is 9.18 Å². The highest BCUT2D eigenvalue weighted by Crippen LogP contribution is 2.28. The predicted molar refractivity (Wildman–Crippen MR) is 104 cm³/mol. The Kier molecular flexibility index (Phi) is 6.05. The molecule has 3 aromatic rings. The van der Waals surface area contributed by atoms with Crippen molar-refractivity contribution in [1.29, 1.82) is 0 Å². The molecule has 0 aliphatic rings. The molecule has 0 aliphatic carbocycles. The van der Waals surface area contributed by atoms with Crippen molar-refractivity contribution in [1.82, 2.24) is 14.8 Å². The molecular formula is C18H19FN4OS2. The number of carbonyl (C=O) groups is 1. The molecule has 0 spiro atoms. The van der Waals surface area contributed by atoms with Crippen LogP contribution in [0.3, 0.4) is 0 Å². The second-order valence-corrected chi connectivity index (χ2v) is 7.49. The molecule has 0 aliphatic heterocycles. The maximum absolute atomic E-state index is 12.9. The lowest BCUT2D eigenvalue weighted by Crippen LogP contribution is -2.14. The number of rotatable bonds is 7. The van der Waals surface area contributed by atoms with Crippen LogP contribution < -0.4 is 5.32 Å². The number of nitrogens with one attached hydrogen (secondary N) is 1. The normalized spacial score (nSPS) is 10.9.